The van der Waals surface area contributed by atoms with Crippen LogP contribution in [0.15, 0.2) is 42.5 Å². The summed E-state index contributed by atoms with van der Waals surface area (Å²) in [6.45, 7) is 0.530. The molecule has 5 rings (SSSR count). The molecule has 1 saturated heterocycles. The van der Waals surface area contributed by atoms with Gasteiger partial charge < -0.3 is 14.8 Å². The summed E-state index contributed by atoms with van der Waals surface area (Å²) in [5, 5.41) is 3.06. The van der Waals surface area contributed by atoms with Crippen LogP contribution < -0.4 is 10.1 Å². The van der Waals surface area contributed by atoms with Gasteiger partial charge >= 0.3 is 6.09 Å². The summed E-state index contributed by atoms with van der Waals surface area (Å²) in [7, 11) is 1.73. The standard InChI is InChI=1S/C26H31NO3/c1-29-24-4-2-3-18(14-24)5-6-19-7-8-21-15-22(10-9-20(21)13-19)23-11-12-26(16-23)17-30-25(28)27-26/h2-4,9-10,14-15,19,23H,5-8,11-13,16-17H2,1H3,(H,27,28)/t19-,23+,26-/m1/s1. The first-order chi connectivity index (χ1) is 14.6. The molecule has 1 saturated carbocycles. The Kier molecular flexibility index (Phi) is 5.18. The predicted molar refractivity (Wildman–Crippen MR) is 117 cm³/mol. The number of hydrogen-bond acceptors (Lipinski definition) is 3. The number of nitrogens with one attached hydrogen (secondary N) is 1. The molecule has 3 atom stereocenters. The fourth-order valence-corrected chi connectivity index (χ4v) is 5.70. The Morgan fingerprint density at radius 1 is 1.17 bits per heavy atom. The molecule has 1 N–H and O–H groups in total. The smallest absolute Gasteiger partial charge is 0.407 e. The number of carbonyl (C=O) groups excluding carboxylic acids is 1. The normalized spacial score (nSPS) is 27.6. The van der Waals surface area contributed by atoms with E-state index >= 15 is 0 Å². The summed E-state index contributed by atoms with van der Waals surface area (Å²) in [6.07, 6.45) is 8.91. The van der Waals surface area contributed by atoms with Crippen LogP contribution in [0.2, 0.25) is 0 Å². The van der Waals surface area contributed by atoms with E-state index in [1.807, 2.05) is 6.07 Å². The van der Waals surface area contributed by atoms with E-state index in [2.05, 4.69) is 41.7 Å². The first-order valence-corrected chi connectivity index (χ1v) is 11.3. The summed E-state index contributed by atoms with van der Waals surface area (Å²) in [5.74, 6) is 2.24. The minimum Gasteiger partial charge on any atom is -0.497 e. The van der Waals surface area contributed by atoms with Crippen molar-refractivity contribution in [3.8, 4) is 5.75 Å². The SMILES string of the molecule is COc1cccc(CC[C@@H]2CCc3cc([C@H]4CC[C@]5(COC(=O)N5)C4)ccc3C2)c1. The molecule has 3 aliphatic rings. The molecule has 4 heteroatoms. The summed E-state index contributed by atoms with van der Waals surface area (Å²) in [5.41, 5.74) is 5.77. The third-order valence-electron chi connectivity index (χ3n) is 7.46. The van der Waals surface area contributed by atoms with Crippen molar-refractivity contribution in [2.75, 3.05) is 13.7 Å². The molecule has 2 fully saturated rings. The van der Waals surface area contributed by atoms with E-state index in [9.17, 15) is 4.79 Å². The van der Waals surface area contributed by atoms with Gasteiger partial charge in [0.25, 0.3) is 0 Å². The van der Waals surface area contributed by atoms with Gasteiger partial charge in [-0.1, -0.05) is 30.3 Å². The van der Waals surface area contributed by atoms with Crippen LogP contribution in [0.4, 0.5) is 4.79 Å². The van der Waals surface area contributed by atoms with E-state index in [4.69, 9.17) is 9.47 Å². The summed E-state index contributed by atoms with van der Waals surface area (Å²) >= 11 is 0. The van der Waals surface area contributed by atoms with Crippen LogP contribution in [-0.4, -0.2) is 25.3 Å². The fraction of sp³-hybridized carbons (Fsp3) is 0.500. The van der Waals surface area contributed by atoms with Gasteiger partial charge in [0.1, 0.15) is 12.4 Å². The van der Waals surface area contributed by atoms with Crippen LogP contribution >= 0.6 is 0 Å². The van der Waals surface area contributed by atoms with Crippen molar-refractivity contribution in [3.05, 3.63) is 64.7 Å². The lowest BCUT2D eigenvalue weighted by Gasteiger charge is -2.26. The van der Waals surface area contributed by atoms with Crippen molar-refractivity contribution < 1.29 is 14.3 Å². The number of ether oxygens (including phenoxy) is 2. The molecule has 0 aromatic heterocycles. The highest BCUT2D eigenvalue weighted by atomic mass is 16.6. The largest absolute Gasteiger partial charge is 0.497 e. The van der Waals surface area contributed by atoms with Gasteiger partial charge in [0.05, 0.1) is 12.6 Å². The van der Waals surface area contributed by atoms with Crippen LogP contribution in [-0.2, 0) is 24.0 Å². The predicted octanol–water partition coefficient (Wildman–Crippen LogP) is 5.18. The van der Waals surface area contributed by atoms with E-state index in [0.717, 1.165) is 37.4 Å². The Labute approximate surface area is 179 Å². The summed E-state index contributed by atoms with van der Waals surface area (Å²) < 4.78 is 10.5. The van der Waals surface area contributed by atoms with E-state index in [1.165, 1.54) is 47.9 Å². The topological polar surface area (TPSA) is 47.6 Å². The molecule has 2 aromatic rings. The Balaban J connectivity index is 1.20. The number of aryl methyl sites for hydroxylation is 2. The monoisotopic (exact) mass is 405 g/mol. The van der Waals surface area contributed by atoms with E-state index < -0.39 is 0 Å². The molecule has 0 radical (unpaired) electrons. The highest BCUT2D eigenvalue weighted by molar-refractivity contribution is 5.70. The van der Waals surface area contributed by atoms with Crippen LogP contribution in [0.25, 0.3) is 0 Å². The Hall–Kier alpha value is -2.49. The third kappa shape index (κ3) is 3.92. The zero-order chi connectivity index (χ0) is 20.6. The van der Waals surface area contributed by atoms with Crippen LogP contribution in [0, 0.1) is 5.92 Å². The van der Waals surface area contributed by atoms with Crippen molar-refractivity contribution >= 4 is 6.09 Å². The van der Waals surface area contributed by atoms with E-state index in [1.54, 1.807) is 7.11 Å². The molecule has 1 heterocycles. The van der Waals surface area contributed by atoms with E-state index in [-0.39, 0.29) is 11.6 Å². The van der Waals surface area contributed by atoms with E-state index in [0.29, 0.717) is 12.5 Å². The number of cyclic esters (lactones) is 1. The second-order valence-corrected chi connectivity index (χ2v) is 9.45. The average molecular weight is 406 g/mol. The van der Waals surface area contributed by atoms with Gasteiger partial charge in [-0.25, -0.2) is 4.79 Å². The third-order valence-corrected chi connectivity index (χ3v) is 7.46. The summed E-state index contributed by atoms with van der Waals surface area (Å²) in [4.78, 5) is 11.5. The number of benzene rings is 2. The molecule has 2 aromatic carbocycles. The Morgan fingerprint density at radius 2 is 2.10 bits per heavy atom. The second-order valence-electron chi connectivity index (χ2n) is 9.45. The lowest BCUT2D eigenvalue weighted by atomic mass is 9.79. The minimum absolute atomic E-state index is 0.122. The first kappa shape index (κ1) is 19.5. The molecular formula is C26H31NO3. The van der Waals surface area contributed by atoms with Crippen molar-refractivity contribution in [1.29, 1.82) is 0 Å². The lowest BCUT2D eigenvalue weighted by molar-refractivity contribution is 0.172. The zero-order valence-electron chi connectivity index (χ0n) is 17.8. The van der Waals surface area contributed by atoms with Crippen LogP contribution in [0.3, 0.4) is 0 Å². The highest BCUT2D eigenvalue weighted by Gasteiger charge is 2.46. The maximum atomic E-state index is 11.5. The van der Waals surface area contributed by atoms with Gasteiger partial charge in [-0.2, -0.15) is 0 Å². The van der Waals surface area contributed by atoms with Crippen molar-refractivity contribution in [3.63, 3.8) is 0 Å². The molecule has 4 nitrogen and oxygen atoms in total. The molecule has 2 aliphatic carbocycles. The number of fused-ring (bicyclic) bond motifs is 1. The van der Waals surface area contributed by atoms with Crippen molar-refractivity contribution in [1.82, 2.24) is 5.32 Å². The maximum Gasteiger partial charge on any atom is 0.407 e. The van der Waals surface area contributed by atoms with Gasteiger partial charge in [-0.15, -0.1) is 0 Å². The number of rotatable bonds is 5. The van der Waals surface area contributed by atoms with Gasteiger partial charge in [-0.3, -0.25) is 0 Å². The van der Waals surface area contributed by atoms with Crippen LogP contribution in [0.1, 0.15) is 60.3 Å². The number of alkyl carbamates (subject to hydrolysis) is 1. The lowest BCUT2D eigenvalue weighted by Crippen LogP contribution is -2.40. The van der Waals surface area contributed by atoms with Gasteiger partial charge in [0.15, 0.2) is 0 Å². The number of carbonyl (C=O) groups is 1. The number of hydrogen-bond donors (Lipinski definition) is 1. The molecule has 0 bridgehead atoms. The van der Waals surface area contributed by atoms with Crippen LogP contribution in [0.5, 0.6) is 5.75 Å². The minimum atomic E-state index is -0.249. The first-order valence-electron chi connectivity index (χ1n) is 11.3. The van der Waals surface area contributed by atoms with Crippen molar-refractivity contribution in [2.45, 2.75) is 62.8 Å². The quantitative estimate of drug-likeness (QED) is 0.746. The molecule has 1 aliphatic heterocycles. The van der Waals surface area contributed by atoms with Gasteiger partial charge in [0.2, 0.25) is 0 Å². The Bertz CT molecular complexity index is 940. The molecule has 30 heavy (non-hydrogen) atoms. The number of amides is 1. The average Bonchev–Trinajstić information content (AvgIpc) is 3.37. The maximum absolute atomic E-state index is 11.5. The number of methoxy groups -OCH3 is 1. The second kappa shape index (κ2) is 7.98. The molecule has 1 spiro atoms. The molecule has 0 unspecified atom stereocenters. The molecular weight excluding hydrogens is 374 g/mol. The Morgan fingerprint density at radius 3 is 2.93 bits per heavy atom. The van der Waals surface area contributed by atoms with Crippen molar-refractivity contribution in [2.24, 2.45) is 5.92 Å². The molecule has 1 amide bonds. The van der Waals surface area contributed by atoms with Gasteiger partial charge in [-0.05, 0) is 97.6 Å². The highest BCUT2D eigenvalue weighted by Crippen LogP contribution is 2.43. The fourth-order valence-electron chi connectivity index (χ4n) is 5.70. The zero-order valence-corrected chi connectivity index (χ0v) is 17.8. The molecule has 158 valence electrons. The van der Waals surface area contributed by atoms with Gasteiger partial charge in [0, 0.05) is 0 Å². The summed E-state index contributed by atoms with van der Waals surface area (Å²) in [6, 6.07) is 15.6.